The van der Waals surface area contributed by atoms with Crippen molar-refractivity contribution in [2.24, 2.45) is 17.8 Å². The molecule has 3 atom stereocenters. The Kier molecular flexibility index (Phi) is 11.7. The highest BCUT2D eigenvalue weighted by Gasteiger charge is 2.28. The maximum absolute atomic E-state index is 11.9. The molecule has 3 heterocycles. The lowest BCUT2D eigenvalue weighted by Crippen LogP contribution is -2.38. The van der Waals surface area contributed by atoms with Crippen molar-refractivity contribution in [3.63, 3.8) is 0 Å². The van der Waals surface area contributed by atoms with E-state index in [0.29, 0.717) is 5.92 Å². The van der Waals surface area contributed by atoms with E-state index in [4.69, 9.17) is 5.11 Å². The van der Waals surface area contributed by atoms with E-state index in [-0.39, 0.29) is 11.7 Å². The van der Waals surface area contributed by atoms with Gasteiger partial charge in [0.05, 0.1) is 0 Å². The Balaban J connectivity index is 0.000000206. The predicted octanol–water partition coefficient (Wildman–Crippen LogP) is 6.09. The summed E-state index contributed by atoms with van der Waals surface area (Å²) in [6.07, 6.45) is 11.2. The number of carbonyl (C=O) groups is 1. The molecular weight excluding hydrogens is 479 g/mol. The molecule has 2 aliphatic rings. The van der Waals surface area contributed by atoms with Crippen LogP contribution in [-0.4, -0.2) is 58.1 Å². The number of benzene rings is 1. The van der Waals surface area contributed by atoms with Crippen molar-refractivity contribution in [3.05, 3.63) is 72.4 Å². The van der Waals surface area contributed by atoms with Gasteiger partial charge >= 0.3 is 5.97 Å². The zero-order valence-corrected chi connectivity index (χ0v) is 23.4. The average Bonchev–Trinajstić information content (AvgIpc) is 3.52. The van der Waals surface area contributed by atoms with Gasteiger partial charge in [0.2, 0.25) is 0 Å². The van der Waals surface area contributed by atoms with E-state index >= 15 is 0 Å². The number of fused-ring (bicyclic) bond motifs is 1. The molecule has 1 aromatic carbocycles. The second-order valence-electron chi connectivity index (χ2n) is 11.0. The van der Waals surface area contributed by atoms with Gasteiger partial charge in [-0.25, -0.2) is 9.37 Å². The number of likely N-dealkylation sites (N-methyl/N-ethyl adjacent to an activating group) is 1. The largest absolute Gasteiger partial charge is 0.480 e. The summed E-state index contributed by atoms with van der Waals surface area (Å²) in [6.45, 7) is 10.0. The number of aliphatic carboxylic acids is 1. The molecule has 7 heteroatoms. The third-order valence-corrected chi connectivity index (χ3v) is 7.96. The molecule has 1 aliphatic heterocycles. The molecule has 0 bridgehead atoms. The van der Waals surface area contributed by atoms with Crippen LogP contribution < -0.4 is 5.32 Å². The zero-order valence-electron chi connectivity index (χ0n) is 23.4. The highest BCUT2D eigenvalue weighted by Crippen LogP contribution is 2.34. The van der Waals surface area contributed by atoms with Crippen LogP contribution in [0.5, 0.6) is 0 Å². The second-order valence-corrected chi connectivity index (χ2v) is 11.0. The van der Waals surface area contributed by atoms with E-state index in [0.717, 1.165) is 17.5 Å². The first kappa shape index (κ1) is 29.8. The predicted molar refractivity (Wildman–Crippen MR) is 152 cm³/mol. The fourth-order valence-electron chi connectivity index (χ4n) is 5.65. The Morgan fingerprint density at radius 3 is 2.26 bits per heavy atom. The lowest BCUT2D eigenvalue weighted by Gasteiger charge is -2.34. The Morgan fingerprint density at radius 2 is 1.76 bits per heavy atom. The Morgan fingerprint density at radius 1 is 1.08 bits per heavy atom. The van der Waals surface area contributed by atoms with E-state index in [1.54, 1.807) is 25.2 Å². The molecular formula is C31H45FN4O2. The van der Waals surface area contributed by atoms with Crippen LogP contribution in [0.25, 0.3) is 5.65 Å². The smallest absolute Gasteiger partial charge is 0.320 e. The van der Waals surface area contributed by atoms with Crippen LogP contribution in [0.4, 0.5) is 4.39 Å². The van der Waals surface area contributed by atoms with Crippen molar-refractivity contribution < 1.29 is 14.3 Å². The number of imidazole rings is 1. The lowest BCUT2D eigenvalue weighted by molar-refractivity contribution is -0.140. The third-order valence-electron chi connectivity index (χ3n) is 7.96. The van der Waals surface area contributed by atoms with Crippen LogP contribution in [0.15, 0.2) is 60.9 Å². The number of piperidine rings is 1. The molecule has 3 aromatic rings. The van der Waals surface area contributed by atoms with Gasteiger partial charge in [0.15, 0.2) is 0 Å². The summed E-state index contributed by atoms with van der Waals surface area (Å²) in [4.78, 5) is 17.6. The van der Waals surface area contributed by atoms with E-state index in [1.165, 1.54) is 69.6 Å². The lowest BCUT2D eigenvalue weighted by atomic mass is 9.91. The zero-order chi connectivity index (χ0) is 27.5. The molecule has 38 heavy (non-hydrogen) atoms. The van der Waals surface area contributed by atoms with Crippen LogP contribution in [0.1, 0.15) is 64.5 Å². The third kappa shape index (κ3) is 8.63. The van der Waals surface area contributed by atoms with Crippen LogP contribution in [0.2, 0.25) is 0 Å². The van der Waals surface area contributed by atoms with Gasteiger partial charge in [-0.3, -0.25) is 4.79 Å². The van der Waals surface area contributed by atoms with Gasteiger partial charge in [-0.2, -0.15) is 0 Å². The number of likely N-dealkylation sites (tertiary alicyclic amines) is 1. The highest BCUT2D eigenvalue weighted by atomic mass is 19.1. The molecule has 2 fully saturated rings. The van der Waals surface area contributed by atoms with Gasteiger partial charge in [0.1, 0.15) is 17.5 Å². The van der Waals surface area contributed by atoms with Crippen LogP contribution in [0.3, 0.4) is 0 Å². The Hall–Kier alpha value is -2.77. The molecule has 5 rings (SSSR count). The van der Waals surface area contributed by atoms with Gasteiger partial charge in [-0.15, -0.1) is 0 Å². The minimum absolute atomic E-state index is 0.146. The van der Waals surface area contributed by atoms with Crippen molar-refractivity contribution in [2.75, 3.05) is 26.7 Å². The number of nitrogens with one attached hydrogen (secondary N) is 1. The van der Waals surface area contributed by atoms with E-state index < -0.39 is 12.0 Å². The molecule has 3 unspecified atom stereocenters. The number of nitrogens with zero attached hydrogens (tertiary/aromatic N) is 3. The second kappa shape index (κ2) is 15.0. The van der Waals surface area contributed by atoms with Gasteiger partial charge in [0.25, 0.3) is 0 Å². The molecule has 2 N–H and O–H groups in total. The number of aromatic nitrogens is 2. The first-order valence-electron chi connectivity index (χ1n) is 14.0. The standard InChI is InChI=1S/C19H27N3.C6H5F.C6H13NO2/c1-15-5-4-6-17(15)14-21-11-8-16(9-12-21)18-13-20-19-7-2-3-10-22(18)19;7-6-4-2-1-3-5-6;1-4(2)5(7-3)6(8)9/h2-3,7,10,13,15-17H,4-6,8-9,11-12,14H2,1H3;1-5H;4-5,7H,1-3H3,(H,8,9). The minimum atomic E-state index is -0.785. The van der Waals surface area contributed by atoms with Crippen LogP contribution in [-0.2, 0) is 4.79 Å². The first-order valence-corrected chi connectivity index (χ1v) is 14.0. The summed E-state index contributed by atoms with van der Waals surface area (Å²) in [7, 11) is 1.65. The molecule has 0 radical (unpaired) electrons. The maximum Gasteiger partial charge on any atom is 0.320 e. The number of halogens is 1. The number of carboxylic acid groups (broad SMARTS) is 1. The first-order chi connectivity index (χ1) is 18.3. The summed E-state index contributed by atoms with van der Waals surface area (Å²) < 4.78 is 14.2. The normalized spacial score (nSPS) is 20.9. The summed E-state index contributed by atoms with van der Waals surface area (Å²) in [5.74, 6) is 1.75. The molecule has 208 valence electrons. The minimum Gasteiger partial charge on any atom is -0.480 e. The molecule has 1 saturated heterocycles. The molecule has 0 amide bonds. The number of hydrogen-bond acceptors (Lipinski definition) is 4. The fourth-order valence-corrected chi connectivity index (χ4v) is 5.65. The van der Waals surface area contributed by atoms with Crippen molar-refractivity contribution in [1.82, 2.24) is 19.6 Å². The SMILES string of the molecule is CC1CCCC1CN1CCC(c2cnc3ccccn23)CC1.CNC(C(=O)O)C(C)C.Fc1ccccc1. The summed E-state index contributed by atoms with van der Waals surface area (Å²) in [5.41, 5.74) is 2.49. The summed E-state index contributed by atoms with van der Waals surface area (Å²) in [5, 5.41) is 11.2. The maximum atomic E-state index is 11.9. The van der Waals surface area contributed by atoms with Gasteiger partial charge in [-0.05, 0) is 81.4 Å². The fraction of sp³-hybridized carbons (Fsp3) is 0.548. The van der Waals surface area contributed by atoms with Crippen molar-refractivity contribution in [2.45, 2.75) is 64.8 Å². The van der Waals surface area contributed by atoms with Gasteiger partial charge in [-0.1, -0.05) is 57.9 Å². The quantitative estimate of drug-likeness (QED) is 0.408. The number of hydrogen-bond donors (Lipinski definition) is 2. The Labute approximate surface area is 227 Å². The molecule has 1 saturated carbocycles. The number of rotatable bonds is 6. The molecule has 2 aromatic heterocycles. The monoisotopic (exact) mass is 524 g/mol. The van der Waals surface area contributed by atoms with E-state index in [1.807, 2.05) is 13.8 Å². The molecule has 0 spiro atoms. The highest BCUT2D eigenvalue weighted by molar-refractivity contribution is 5.73. The summed E-state index contributed by atoms with van der Waals surface area (Å²) >= 11 is 0. The van der Waals surface area contributed by atoms with E-state index in [2.05, 4.69) is 57.1 Å². The van der Waals surface area contributed by atoms with E-state index in [9.17, 15) is 9.18 Å². The van der Waals surface area contributed by atoms with Crippen LogP contribution >= 0.6 is 0 Å². The molecule has 1 aliphatic carbocycles. The number of pyridine rings is 1. The summed E-state index contributed by atoms with van der Waals surface area (Å²) in [6, 6.07) is 13.8. The number of carboxylic acids is 1. The average molecular weight is 525 g/mol. The topological polar surface area (TPSA) is 69.9 Å². The Bertz CT molecular complexity index is 1100. The molecule has 6 nitrogen and oxygen atoms in total. The van der Waals surface area contributed by atoms with Crippen molar-refractivity contribution in [1.29, 1.82) is 0 Å². The van der Waals surface area contributed by atoms with Crippen LogP contribution in [0, 0.1) is 23.6 Å². The van der Waals surface area contributed by atoms with Gasteiger partial charge < -0.3 is 19.7 Å². The van der Waals surface area contributed by atoms with Crippen molar-refractivity contribution in [3.8, 4) is 0 Å². The van der Waals surface area contributed by atoms with Gasteiger partial charge in [0, 0.05) is 30.6 Å². The van der Waals surface area contributed by atoms with Crippen molar-refractivity contribution >= 4 is 11.6 Å².